The highest BCUT2D eigenvalue weighted by atomic mass is 16.5. The van der Waals surface area contributed by atoms with Crippen LogP contribution in [0.25, 0.3) is 11.3 Å². The van der Waals surface area contributed by atoms with E-state index in [0.717, 1.165) is 11.1 Å². The molecule has 1 aromatic heterocycles. The highest BCUT2D eigenvalue weighted by molar-refractivity contribution is 5.88. The molecule has 0 bridgehead atoms. The van der Waals surface area contributed by atoms with Gasteiger partial charge in [0.25, 0.3) is 0 Å². The zero-order valence-electron chi connectivity index (χ0n) is 14.6. The number of methoxy groups -OCH3 is 2. The van der Waals surface area contributed by atoms with Gasteiger partial charge in [0.1, 0.15) is 18.1 Å². The van der Waals surface area contributed by atoms with Crippen LogP contribution in [-0.2, 0) is 11.3 Å². The lowest BCUT2D eigenvalue weighted by Crippen LogP contribution is -2.06. The van der Waals surface area contributed by atoms with Crippen LogP contribution >= 0.6 is 0 Å². The van der Waals surface area contributed by atoms with E-state index < -0.39 is 5.97 Å². The van der Waals surface area contributed by atoms with Crippen LogP contribution in [0, 0.1) is 0 Å². The van der Waals surface area contributed by atoms with Gasteiger partial charge in [-0.3, -0.25) is 0 Å². The van der Waals surface area contributed by atoms with Gasteiger partial charge in [-0.25, -0.2) is 9.78 Å². The molecule has 0 aliphatic carbocycles. The van der Waals surface area contributed by atoms with Crippen LogP contribution in [-0.4, -0.2) is 25.2 Å². The molecule has 26 heavy (non-hydrogen) atoms. The molecule has 0 saturated carbocycles. The molecule has 0 fully saturated rings. The maximum Gasteiger partial charge on any atom is 0.356 e. The highest BCUT2D eigenvalue weighted by Crippen LogP contribution is 2.31. The van der Waals surface area contributed by atoms with Crippen molar-refractivity contribution in [3.05, 3.63) is 78.0 Å². The number of hydrogen-bond donors (Lipinski definition) is 0. The van der Waals surface area contributed by atoms with Gasteiger partial charge in [0.05, 0.1) is 19.9 Å². The van der Waals surface area contributed by atoms with Crippen molar-refractivity contribution >= 4 is 5.97 Å². The average Bonchev–Trinajstić information content (AvgIpc) is 2.72. The normalized spacial score (nSPS) is 10.2. The summed E-state index contributed by atoms with van der Waals surface area (Å²) in [6.07, 6.45) is 0. The molecule has 0 radical (unpaired) electrons. The summed E-state index contributed by atoms with van der Waals surface area (Å²) in [7, 11) is 2.86. The molecule has 0 spiro atoms. The van der Waals surface area contributed by atoms with Crippen molar-refractivity contribution in [2.45, 2.75) is 6.61 Å². The van der Waals surface area contributed by atoms with Crippen LogP contribution in [0.3, 0.4) is 0 Å². The predicted octanol–water partition coefficient (Wildman–Crippen LogP) is 4.12. The first kappa shape index (κ1) is 17.5. The van der Waals surface area contributed by atoms with Gasteiger partial charge < -0.3 is 14.2 Å². The first-order chi connectivity index (χ1) is 12.7. The van der Waals surface area contributed by atoms with E-state index in [1.54, 1.807) is 12.1 Å². The van der Waals surface area contributed by atoms with Gasteiger partial charge >= 0.3 is 5.97 Å². The molecule has 0 aliphatic rings. The molecule has 5 heteroatoms. The number of benzene rings is 2. The van der Waals surface area contributed by atoms with Gasteiger partial charge in [-0.1, -0.05) is 42.5 Å². The number of hydrogen-bond acceptors (Lipinski definition) is 5. The number of carbonyl (C=O) groups excluding carboxylic acids is 1. The van der Waals surface area contributed by atoms with Gasteiger partial charge in [-0.05, 0) is 17.7 Å². The molecule has 3 rings (SSSR count). The molecular weight excluding hydrogens is 330 g/mol. The van der Waals surface area contributed by atoms with Crippen LogP contribution in [0.15, 0.2) is 66.7 Å². The van der Waals surface area contributed by atoms with E-state index in [1.165, 1.54) is 14.2 Å². The fraction of sp³-hybridized carbons (Fsp3) is 0.143. The van der Waals surface area contributed by atoms with E-state index in [-0.39, 0.29) is 5.69 Å². The summed E-state index contributed by atoms with van der Waals surface area (Å²) >= 11 is 0. The molecule has 0 unspecified atom stereocenters. The molecule has 0 atom stereocenters. The fourth-order valence-electron chi connectivity index (χ4n) is 2.51. The first-order valence-corrected chi connectivity index (χ1v) is 8.12. The Labute approximate surface area is 152 Å². The Morgan fingerprint density at radius 2 is 1.69 bits per heavy atom. The number of pyridine rings is 1. The third kappa shape index (κ3) is 4.00. The maximum absolute atomic E-state index is 11.9. The van der Waals surface area contributed by atoms with Gasteiger partial charge in [0.15, 0.2) is 5.69 Å². The molecule has 2 aromatic carbocycles. The average molecular weight is 349 g/mol. The number of nitrogens with zero attached hydrogens (tertiary/aromatic N) is 1. The molecule has 5 nitrogen and oxygen atoms in total. The van der Waals surface area contributed by atoms with Crippen LogP contribution in [0.5, 0.6) is 11.5 Å². The minimum Gasteiger partial charge on any atom is -0.497 e. The second-order valence-corrected chi connectivity index (χ2v) is 5.54. The Morgan fingerprint density at radius 1 is 0.962 bits per heavy atom. The van der Waals surface area contributed by atoms with Crippen molar-refractivity contribution in [2.24, 2.45) is 0 Å². The quantitative estimate of drug-likeness (QED) is 0.627. The zero-order chi connectivity index (χ0) is 18.4. The summed E-state index contributed by atoms with van der Waals surface area (Å²) in [5.41, 5.74) is 2.59. The third-order valence-electron chi connectivity index (χ3n) is 3.83. The van der Waals surface area contributed by atoms with E-state index >= 15 is 0 Å². The largest absolute Gasteiger partial charge is 0.497 e. The van der Waals surface area contributed by atoms with E-state index in [2.05, 4.69) is 4.98 Å². The van der Waals surface area contributed by atoms with Gasteiger partial charge in [0, 0.05) is 17.7 Å². The lowest BCUT2D eigenvalue weighted by molar-refractivity contribution is 0.0593. The lowest BCUT2D eigenvalue weighted by Gasteiger charge is -2.13. The standard InChI is InChI=1S/C21H19NO4/c1-24-16-12-18(22-19(13-16)21(23)25-2)17-10-6-7-11-20(17)26-14-15-8-4-3-5-9-15/h3-13H,14H2,1-2H3. The summed E-state index contributed by atoms with van der Waals surface area (Å²) in [6, 6.07) is 20.8. The van der Waals surface area contributed by atoms with E-state index in [9.17, 15) is 4.79 Å². The van der Waals surface area contributed by atoms with E-state index in [1.807, 2.05) is 54.6 Å². The smallest absolute Gasteiger partial charge is 0.356 e. The molecule has 0 amide bonds. The first-order valence-electron chi connectivity index (χ1n) is 8.12. The summed E-state index contributed by atoms with van der Waals surface area (Å²) in [4.78, 5) is 16.3. The SMILES string of the molecule is COC(=O)c1cc(OC)cc(-c2ccccc2OCc2ccccc2)n1. The topological polar surface area (TPSA) is 57.7 Å². The molecular formula is C21H19NO4. The minimum absolute atomic E-state index is 0.180. The van der Waals surface area contributed by atoms with Crippen molar-refractivity contribution < 1.29 is 19.0 Å². The van der Waals surface area contributed by atoms with Crippen molar-refractivity contribution in [1.29, 1.82) is 0 Å². The van der Waals surface area contributed by atoms with Crippen molar-refractivity contribution in [3.8, 4) is 22.8 Å². The summed E-state index contributed by atoms with van der Waals surface area (Å²) < 4.78 is 16.0. The number of para-hydroxylation sites is 1. The summed E-state index contributed by atoms with van der Waals surface area (Å²) in [5, 5.41) is 0. The van der Waals surface area contributed by atoms with E-state index in [0.29, 0.717) is 23.8 Å². The molecule has 3 aromatic rings. The Bertz CT molecular complexity index is 894. The lowest BCUT2D eigenvalue weighted by atomic mass is 10.1. The second-order valence-electron chi connectivity index (χ2n) is 5.54. The van der Waals surface area contributed by atoms with Crippen LogP contribution < -0.4 is 9.47 Å². The molecule has 0 saturated heterocycles. The fourth-order valence-corrected chi connectivity index (χ4v) is 2.51. The molecule has 0 aliphatic heterocycles. The zero-order valence-corrected chi connectivity index (χ0v) is 14.6. The Balaban J connectivity index is 1.95. The van der Waals surface area contributed by atoms with Gasteiger partial charge in [0.2, 0.25) is 0 Å². The molecule has 132 valence electrons. The van der Waals surface area contributed by atoms with Crippen molar-refractivity contribution in [1.82, 2.24) is 4.98 Å². The van der Waals surface area contributed by atoms with E-state index in [4.69, 9.17) is 14.2 Å². The Kier molecular flexibility index (Phi) is 5.49. The van der Waals surface area contributed by atoms with Crippen LogP contribution in [0.2, 0.25) is 0 Å². The molecule has 0 N–H and O–H groups in total. The second kappa shape index (κ2) is 8.16. The third-order valence-corrected chi connectivity index (χ3v) is 3.83. The van der Waals surface area contributed by atoms with Gasteiger partial charge in [-0.2, -0.15) is 0 Å². The van der Waals surface area contributed by atoms with Crippen molar-refractivity contribution in [3.63, 3.8) is 0 Å². The Morgan fingerprint density at radius 3 is 2.42 bits per heavy atom. The number of aromatic nitrogens is 1. The van der Waals surface area contributed by atoms with Crippen LogP contribution in [0.4, 0.5) is 0 Å². The summed E-state index contributed by atoms with van der Waals surface area (Å²) in [5.74, 6) is 0.675. The number of rotatable bonds is 6. The number of ether oxygens (including phenoxy) is 3. The van der Waals surface area contributed by atoms with Crippen molar-refractivity contribution in [2.75, 3.05) is 14.2 Å². The maximum atomic E-state index is 11.9. The van der Waals surface area contributed by atoms with Gasteiger partial charge in [-0.15, -0.1) is 0 Å². The monoisotopic (exact) mass is 349 g/mol. The highest BCUT2D eigenvalue weighted by Gasteiger charge is 2.15. The molecule has 1 heterocycles. The number of esters is 1. The predicted molar refractivity (Wildman–Crippen MR) is 98.3 cm³/mol. The number of carbonyl (C=O) groups is 1. The summed E-state index contributed by atoms with van der Waals surface area (Å²) in [6.45, 7) is 0.436. The van der Waals surface area contributed by atoms with Crippen LogP contribution in [0.1, 0.15) is 16.1 Å². The Hall–Kier alpha value is -3.34. The minimum atomic E-state index is -0.521.